The summed E-state index contributed by atoms with van der Waals surface area (Å²) in [5.74, 6) is 0.0116. The average molecular weight is 431 g/mol. The first-order valence-electron chi connectivity index (χ1n) is 8.73. The quantitative estimate of drug-likeness (QED) is 0.552. The number of amides is 1. The lowest BCUT2D eigenvalue weighted by atomic mass is 10.2. The number of anilines is 2. The minimum Gasteiger partial charge on any atom is -0.325 e. The van der Waals surface area contributed by atoms with Crippen molar-refractivity contribution in [2.24, 2.45) is 0 Å². The van der Waals surface area contributed by atoms with Gasteiger partial charge in [0.2, 0.25) is 5.91 Å². The molecule has 0 aliphatic carbocycles. The van der Waals surface area contributed by atoms with Crippen molar-refractivity contribution in [3.05, 3.63) is 90.2 Å². The fraction of sp³-hybridized carbons (Fsp3) is 0.0952. The summed E-state index contributed by atoms with van der Waals surface area (Å²) in [4.78, 5) is 12.1. The van der Waals surface area contributed by atoms with E-state index in [-0.39, 0.29) is 22.4 Å². The molecule has 0 aliphatic heterocycles. The standard InChI is InChI=1S/C21H19FN2O3S2/c22-20-9-5-4-6-16(20)14-28-15-21(25)23-17-10-12-19(13-11-17)29(26,27)24-18-7-2-1-3-8-18/h1-13,24H,14-15H2,(H,23,25). The maximum absolute atomic E-state index is 13.6. The number of halogens is 1. The second kappa shape index (κ2) is 9.58. The molecule has 0 atom stereocenters. The third-order valence-corrected chi connectivity index (χ3v) is 6.30. The van der Waals surface area contributed by atoms with E-state index in [1.165, 1.54) is 42.1 Å². The van der Waals surface area contributed by atoms with Gasteiger partial charge in [-0.1, -0.05) is 36.4 Å². The number of benzene rings is 3. The Kier molecular flexibility index (Phi) is 6.90. The minimum absolute atomic E-state index is 0.0910. The molecule has 3 aromatic rings. The normalized spacial score (nSPS) is 11.1. The van der Waals surface area contributed by atoms with Crippen LogP contribution < -0.4 is 10.0 Å². The van der Waals surface area contributed by atoms with Crippen LogP contribution in [0, 0.1) is 5.82 Å². The predicted molar refractivity (Wildman–Crippen MR) is 115 cm³/mol. The summed E-state index contributed by atoms with van der Waals surface area (Å²) < 4.78 is 40.9. The van der Waals surface area contributed by atoms with Gasteiger partial charge in [-0.05, 0) is 48.0 Å². The number of thioether (sulfide) groups is 1. The third kappa shape index (κ3) is 6.07. The second-order valence-electron chi connectivity index (χ2n) is 6.13. The smallest absolute Gasteiger partial charge is 0.261 e. The van der Waals surface area contributed by atoms with Crippen LogP contribution in [-0.4, -0.2) is 20.1 Å². The van der Waals surface area contributed by atoms with Gasteiger partial charge in [0.15, 0.2) is 0 Å². The zero-order chi connectivity index (χ0) is 20.7. The molecule has 1 amide bonds. The number of para-hydroxylation sites is 1. The van der Waals surface area contributed by atoms with Gasteiger partial charge in [-0.2, -0.15) is 0 Å². The van der Waals surface area contributed by atoms with E-state index in [0.29, 0.717) is 22.7 Å². The molecular formula is C21H19FN2O3S2. The van der Waals surface area contributed by atoms with Gasteiger partial charge in [-0.25, -0.2) is 12.8 Å². The van der Waals surface area contributed by atoms with E-state index in [2.05, 4.69) is 10.0 Å². The Balaban J connectivity index is 1.53. The first-order chi connectivity index (χ1) is 13.9. The van der Waals surface area contributed by atoms with Crippen LogP contribution in [0.2, 0.25) is 0 Å². The zero-order valence-electron chi connectivity index (χ0n) is 15.3. The number of nitrogens with one attached hydrogen (secondary N) is 2. The van der Waals surface area contributed by atoms with E-state index in [0.717, 1.165) is 0 Å². The summed E-state index contributed by atoms with van der Waals surface area (Å²) in [6.07, 6.45) is 0. The lowest BCUT2D eigenvalue weighted by molar-refractivity contribution is -0.113. The lowest BCUT2D eigenvalue weighted by Crippen LogP contribution is -2.15. The van der Waals surface area contributed by atoms with Crippen molar-refractivity contribution < 1.29 is 17.6 Å². The van der Waals surface area contributed by atoms with Crippen LogP contribution in [-0.2, 0) is 20.6 Å². The molecule has 2 N–H and O–H groups in total. The molecule has 0 aromatic heterocycles. The summed E-state index contributed by atoms with van der Waals surface area (Å²) >= 11 is 1.30. The average Bonchev–Trinajstić information content (AvgIpc) is 2.70. The molecule has 0 radical (unpaired) electrons. The maximum Gasteiger partial charge on any atom is 0.261 e. The number of hydrogen-bond acceptors (Lipinski definition) is 4. The summed E-state index contributed by atoms with van der Waals surface area (Å²) in [7, 11) is -3.71. The van der Waals surface area contributed by atoms with E-state index in [4.69, 9.17) is 0 Å². The van der Waals surface area contributed by atoms with Gasteiger partial charge in [0.25, 0.3) is 10.0 Å². The van der Waals surface area contributed by atoms with Gasteiger partial charge in [0.1, 0.15) is 5.82 Å². The molecule has 0 unspecified atom stereocenters. The van der Waals surface area contributed by atoms with Crippen LogP contribution >= 0.6 is 11.8 Å². The minimum atomic E-state index is -3.71. The Morgan fingerprint density at radius 3 is 2.21 bits per heavy atom. The van der Waals surface area contributed by atoms with Gasteiger partial charge in [-0.3, -0.25) is 9.52 Å². The predicted octanol–water partition coefficient (Wildman–Crippen LogP) is 4.50. The fourth-order valence-electron chi connectivity index (χ4n) is 2.50. The number of sulfonamides is 1. The van der Waals surface area contributed by atoms with Gasteiger partial charge >= 0.3 is 0 Å². The molecule has 8 heteroatoms. The van der Waals surface area contributed by atoms with Crippen molar-refractivity contribution in [2.75, 3.05) is 15.8 Å². The highest BCUT2D eigenvalue weighted by Crippen LogP contribution is 2.19. The van der Waals surface area contributed by atoms with Crippen molar-refractivity contribution in [1.82, 2.24) is 0 Å². The molecule has 0 saturated carbocycles. The maximum atomic E-state index is 13.6. The molecule has 0 fully saturated rings. The molecule has 0 aliphatic rings. The van der Waals surface area contributed by atoms with Crippen LogP contribution in [0.15, 0.2) is 83.8 Å². The molecule has 29 heavy (non-hydrogen) atoms. The monoisotopic (exact) mass is 430 g/mol. The Labute approximate surface area is 173 Å². The third-order valence-electron chi connectivity index (χ3n) is 3.92. The number of rotatable bonds is 8. The summed E-state index contributed by atoms with van der Waals surface area (Å²) in [6.45, 7) is 0. The van der Waals surface area contributed by atoms with Crippen LogP contribution in [0.5, 0.6) is 0 Å². The zero-order valence-corrected chi connectivity index (χ0v) is 17.0. The summed E-state index contributed by atoms with van der Waals surface area (Å²) in [5, 5.41) is 2.70. The van der Waals surface area contributed by atoms with Crippen LogP contribution in [0.3, 0.4) is 0 Å². The Hall–Kier alpha value is -2.84. The van der Waals surface area contributed by atoms with Gasteiger partial charge < -0.3 is 5.32 Å². The molecule has 0 heterocycles. The first-order valence-corrected chi connectivity index (χ1v) is 11.4. The highest BCUT2D eigenvalue weighted by Gasteiger charge is 2.14. The Morgan fingerprint density at radius 1 is 0.862 bits per heavy atom. The molecular weight excluding hydrogens is 411 g/mol. The molecule has 3 rings (SSSR count). The molecule has 3 aromatic carbocycles. The first kappa shape index (κ1) is 20.9. The highest BCUT2D eigenvalue weighted by atomic mass is 32.2. The van der Waals surface area contributed by atoms with Crippen molar-refractivity contribution in [1.29, 1.82) is 0 Å². The summed E-state index contributed by atoms with van der Waals surface area (Å²) in [6, 6.07) is 20.9. The van der Waals surface area contributed by atoms with Gasteiger partial charge in [-0.15, -0.1) is 11.8 Å². The van der Waals surface area contributed by atoms with E-state index < -0.39 is 10.0 Å². The van der Waals surface area contributed by atoms with Crippen molar-refractivity contribution in [3.8, 4) is 0 Å². The van der Waals surface area contributed by atoms with Crippen LogP contribution in [0.1, 0.15) is 5.56 Å². The highest BCUT2D eigenvalue weighted by molar-refractivity contribution is 7.99. The number of carbonyl (C=O) groups is 1. The molecule has 150 valence electrons. The van der Waals surface area contributed by atoms with Crippen LogP contribution in [0.4, 0.5) is 15.8 Å². The van der Waals surface area contributed by atoms with Crippen molar-refractivity contribution >= 4 is 39.1 Å². The lowest BCUT2D eigenvalue weighted by Gasteiger charge is -2.09. The topological polar surface area (TPSA) is 75.3 Å². The second-order valence-corrected chi connectivity index (χ2v) is 8.80. The molecule has 0 bridgehead atoms. The Bertz CT molecular complexity index is 1070. The molecule has 0 spiro atoms. The number of carbonyl (C=O) groups excluding carboxylic acids is 1. The molecule has 5 nitrogen and oxygen atoms in total. The van der Waals surface area contributed by atoms with E-state index in [1.54, 1.807) is 48.5 Å². The van der Waals surface area contributed by atoms with Crippen LogP contribution in [0.25, 0.3) is 0 Å². The van der Waals surface area contributed by atoms with E-state index in [9.17, 15) is 17.6 Å². The number of hydrogen-bond donors (Lipinski definition) is 2. The molecule has 0 saturated heterocycles. The SMILES string of the molecule is O=C(CSCc1ccccc1F)Nc1ccc(S(=O)(=O)Nc2ccccc2)cc1. The van der Waals surface area contributed by atoms with Crippen molar-refractivity contribution in [2.45, 2.75) is 10.6 Å². The largest absolute Gasteiger partial charge is 0.325 e. The fourth-order valence-corrected chi connectivity index (χ4v) is 4.38. The van der Waals surface area contributed by atoms with Gasteiger partial charge in [0.05, 0.1) is 10.6 Å². The van der Waals surface area contributed by atoms with Crippen molar-refractivity contribution in [3.63, 3.8) is 0 Å². The van der Waals surface area contributed by atoms with Gasteiger partial charge in [0, 0.05) is 17.1 Å². The summed E-state index contributed by atoms with van der Waals surface area (Å²) in [5.41, 5.74) is 1.50. The van der Waals surface area contributed by atoms with E-state index >= 15 is 0 Å². The Morgan fingerprint density at radius 2 is 1.52 bits per heavy atom. The van der Waals surface area contributed by atoms with E-state index in [1.807, 2.05) is 0 Å².